The molecule has 0 saturated heterocycles. The van der Waals surface area contributed by atoms with Crippen molar-refractivity contribution in [1.29, 1.82) is 0 Å². The maximum atomic E-state index is 3.62. The van der Waals surface area contributed by atoms with Crippen molar-refractivity contribution in [3.8, 4) is 0 Å². The molecular weight excluding hydrogens is 262 g/mol. The van der Waals surface area contributed by atoms with E-state index in [2.05, 4.69) is 48.9 Å². The van der Waals surface area contributed by atoms with Crippen molar-refractivity contribution in [3.05, 3.63) is 35.2 Å². The first kappa shape index (κ1) is 14.1. The monoisotopic (exact) mass is 287 g/mol. The van der Waals surface area contributed by atoms with E-state index in [1.54, 1.807) is 0 Å². The normalized spacial score (nSPS) is 20.1. The molecule has 1 unspecified atom stereocenters. The van der Waals surface area contributed by atoms with E-state index in [1.165, 1.54) is 47.8 Å². The first-order valence-electron chi connectivity index (χ1n) is 7.85. The van der Waals surface area contributed by atoms with Crippen molar-refractivity contribution in [3.63, 3.8) is 0 Å². The SMILES string of the molecule is CNC(Cc1csc2ccccc12)C1(C)CCCCC1. The first-order chi connectivity index (χ1) is 9.73. The number of hydrogen-bond acceptors (Lipinski definition) is 2. The van der Waals surface area contributed by atoms with Crippen LogP contribution in [0.1, 0.15) is 44.6 Å². The Kier molecular flexibility index (Phi) is 4.13. The molecule has 3 rings (SSSR count). The maximum absolute atomic E-state index is 3.62. The fraction of sp³-hybridized carbons (Fsp3) is 0.556. The third kappa shape index (κ3) is 2.64. The van der Waals surface area contributed by atoms with Gasteiger partial charge >= 0.3 is 0 Å². The molecule has 1 atom stereocenters. The standard InChI is InChI=1S/C18H25NS/c1-18(10-6-3-7-11-18)17(19-2)12-14-13-20-16-9-5-4-8-15(14)16/h4-5,8-9,13,17,19H,3,6-7,10-12H2,1-2H3. The van der Waals surface area contributed by atoms with E-state index in [0.29, 0.717) is 11.5 Å². The Balaban J connectivity index is 1.84. The third-order valence-corrected chi connectivity index (χ3v) is 6.18. The number of benzene rings is 1. The summed E-state index contributed by atoms with van der Waals surface area (Å²) in [5, 5.41) is 7.44. The summed E-state index contributed by atoms with van der Waals surface area (Å²) < 4.78 is 1.42. The van der Waals surface area contributed by atoms with Gasteiger partial charge in [0.1, 0.15) is 0 Å². The molecule has 0 bridgehead atoms. The minimum atomic E-state index is 0.468. The summed E-state index contributed by atoms with van der Waals surface area (Å²) in [5.41, 5.74) is 1.99. The van der Waals surface area contributed by atoms with E-state index in [4.69, 9.17) is 0 Å². The molecule has 1 N–H and O–H groups in total. The van der Waals surface area contributed by atoms with Gasteiger partial charge in [0.05, 0.1) is 0 Å². The summed E-state index contributed by atoms with van der Waals surface area (Å²) in [4.78, 5) is 0. The number of rotatable bonds is 4. The lowest BCUT2D eigenvalue weighted by atomic mass is 9.69. The topological polar surface area (TPSA) is 12.0 Å². The minimum Gasteiger partial charge on any atom is -0.316 e. The third-order valence-electron chi connectivity index (χ3n) is 5.17. The largest absolute Gasteiger partial charge is 0.316 e. The highest BCUT2D eigenvalue weighted by Gasteiger charge is 2.34. The van der Waals surface area contributed by atoms with Crippen LogP contribution in [0.5, 0.6) is 0 Å². The molecule has 1 heterocycles. The number of thiophene rings is 1. The average molecular weight is 287 g/mol. The van der Waals surface area contributed by atoms with Crippen LogP contribution < -0.4 is 5.32 Å². The van der Waals surface area contributed by atoms with Crippen LogP contribution in [-0.4, -0.2) is 13.1 Å². The zero-order valence-corrected chi connectivity index (χ0v) is 13.4. The quantitative estimate of drug-likeness (QED) is 0.834. The van der Waals surface area contributed by atoms with Crippen molar-refractivity contribution >= 4 is 21.4 Å². The van der Waals surface area contributed by atoms with Gasteiger partial charge < -0.3 is 5.32 Å². The van der Waals surface area contributed by atoms with Crippen molar-refractivity contribution in [2.45, 2.75) is 51.5 Å². The van der Waals surface area contributed by atoms with Crippen molar-refractivity contribution < 1.29 is 0 Å². The van der Waals surface area contributed by atoms with Gasteiger partial charge in [-0.15, -0.1) is 11.3 Å². The molecule has 1 aliphatic carbocycles. The highest BCUT2D eigenvalue weighted by atomic mass is 32.1. The van der Waals surface area contributed by atoms with Gasteiger partial charge in [-0.2, -0.15) is 0 Å². The second-order valence-electron chi connectivity index (χ2n) is 6.52. The molecule has 1 aromatic heterocycles. The number of fused-ring (bicyclic) bond motifs is 1. The molecule has 0 aliphatic heterocycles. The highest BCUT2D eigenvalue weighted by Crippen LogP contribution is 2.40. The zero-order valence-electron chi connectivity index (χ0n) is 12.6. The molecule has 108 valence electrons. The Morgan fingerprint density at radius 2 is 1.95 bits per heavy atom. The summed E-state index contributed by atoms with van der Waals surface area (Å²) in [6.07, 6.45) is 8.14. The zero-order chi connectivity index (χ0) is 14.0. The number of hydrogen-bond donors (Lipinski definition) is 1. The Bertz CT molecular complexity index is 566. The van der Waals surface area contributed by atoms with Gasteiger partial charge in [-0.05, 0) is 54.1 Å². The number of likely N-dealkylation sites (N-methyl/N-ethyl adjacent to an activating group) is 1. The van der Waals surface area contributed by atoms with Gasteiger partial charge in [0.2, 0.25) is 0 Å². The van der Waals surface area contributed by atoms with Gasteiger partial charge in [-0.3, -0.25) is 0 Å². The summed E-state index contributed by atoms with van der Waals surface area (Å²) in [6.45, 7) is 2.49. The Morgan fingerprint density at radius 1 is 1.20 bits per heavy atom. The Hall–Kier alpha value is -0.860. The van der Waals surface area contributed by atoms with Gasteiger partial charge in [-0.1, -0.05) is 44.4 Å². The molecule has 1 aliphatic rings. The van der Waals surface area contributed by atoms with Crippen LogP contribution in [0.3, 0.4) is 0 Å². The summed E-state index contributed by atoms with van der Waals surface area (Å²) in [5.74, 6) is 0. The first-order valence-corrected chi connectivity index (χ1v) is 8.73. The maximum Gasteiger partial charge on any atom is 0.0345 e. The summed E-state index contributed by atoms with van der Waals surface area (Å²) >= 11 is 1.88. The van der Waals surface area contributed by atoms with Crippen LogP contribution >= 0.6 is 11.3 Å². The molecular formula is C18H25NS. The fourth-order valence-corrected chi connectivity index (χ4v) is 4.79. The van der Waals surface area contributed by atoms with Crippen LogP contribution in [0.25, 0.3) is 10.1 Å². The second-order valence-corrected chi connectivity index (χ2v) is 7.43. The second kappa shape index (κ2) is 5.87. The smallest absolute Gasteiger partial charge is 0.0345 e. The van der Waals surface area contributed by atoms with Crippen LogP contribution in [0.4, 0.5) is 0 Å². The van der Waals surface area contributed by atoms with Crippen molar-refractivity contribution in [2.24, 2.45) is 5.41 Å². The molecule has 1 nitrogen and oxygen atoms in total. The van der Waals surface area contributed by atoms with Crippen LogP contribution in [0.2, 0.25) is 0 Å². The number of nitrogens with one attached hydrogen (secondary N) is 1. The van der Waals surface area contributed by atoms with Gasteiger partial charge in [0.15, 0.2) is 0 Å². The van der Waals surface area contributed by atoms with Crippen molar-refractivity contribution in [2.75, 3.05) is 7.05 Å². The van der Waals surface area contributed by atoms with Crippen LogP contribution in [-0.2, 0) is 6.42 Å². The van der Waals surface area contributed by atoms with E-state index in [-0.39, 0.29) is 0 Å². The Labute approximate surface area is 126 Å². The highest BCUT2D eigenvalue weighted by molar-refractivity contribution is 7.17. The van der Waals surface area contributed by atoms with Crippen LogP contribution in [0.15, 0.2) is 29.6 Å². The predicted molar refractivity (Wildman–Crippen MR) is 89.6 cm³/mol. The minimum absolute atomic E-state index is 0.468. The average Bonchev–Trinajstić information content (AvgIpc) is 2.88. The lowest BCUT2D eigenvalue weighted by molar-refractivity contribution is 0.149. The molecule has 1 aromatic carbocycles. The molecule has 1 fully saturated rings. The molecule has 2 heteroatoms. The molecule has 0 radical (unpaired) electrons. The predicted octanol–water partition coefficient (Wildman–Crippen LogP) is 5.00. The molecule has 1 saturated carbocycles. The van der Waals surface area contributed by atoms with Crippen LogP contribution in [0, 0.1) is 5.41 Å². The van der Waals surface area contributed by atoms with E-state index < -0.39 is 0 Å². The van der Waals surface area contributed by atoms with E-state index in [0.717, 1.165) is 6.42 Å². The molecule has 2 aromatic rings. The molecule has 0 spiro atoms. The Morgan fingerprint density at radius 3 is 2.70 bits per heavy atom. The molecule has 20 heavy (non-hydrogen) atoms. The van der Waals surface area contributed by atoms with E-state index in [9.17, 15) is 0 Å². The van der Waals surface area contributed by atoms with Crippen molar-refractivity contribution in [1.82, 2.24) is 5.32 Å². The van der Waals surface area contributed by atoms with E-state index in [1.807, 2.05) is 11.3 Å². The summed E-state index contributed by atoms with van der Waals surface area (Å²) in [7, 11) is 2.14. The van der Waals surface area contributed by atoms with Gasteiger partial charge in [0, 0.05) is 10.7 Å². The van der Waals surface area contributed by atoms with E-state index >= 15 is 0 Å². The lowest BCUT2D eigenvalue weighted by Gasteiger charge is -2.41. The summed E-state index contributed by atoms with van der Waals surface area (Å²) in [6, 6.07) is 9.41. The fourth-order valence-electron chi connectivity index (χ4n) is 3.82. The molecule has 0 amide bonds. The lowest BCUT2D eigenvalue weighted by Crippen LogP contribution is -2.44. The van der Waals surface area contributed by atoms with Gasteiger partial charge in [0.25, 0.3) is 0 Å². The van der Waals surface area contributed by atoms with Gasteiger partial charge in [-0.25, -0.2) is 0 Å².